The molecule has 0 aliphatic heterocycles. The third-order valence-corrected chi connectivity index (χ3v) is 1.79. The molecule has 1 aromatic heterocycles. The van der Waals surface area contributed by atoms with Gasteiger partial charge in [0.25, 0.3) is 0 Å². The Labute approximate surface area is 80.6 Å². The van der Waals surface area contributed by atoms with Crippen LogP contribution in [0, 0.1) is 0 Å². The van der Waals surface area contributed by atoms with E-state index in [0.717, 1.165) is 5.56 Å². The van der Waals surface area contributed by atoms with Crippen molar-refractivity contribution in [2.75, 3.05) is 6.54 Å². The van der Waals surface area contributed by atoms with Gasteiger partial charge < -0.3 is 10.4 Å². The number of nitrogens with one attached hydrogen (secondary N) is 1. The standard InChI is InChI=1S/C8H9ClN2O2/c9-7-4-10-2-1-6(7)3-11-5-8(12)13/h1-2,4,11H,3,5H2,(H,12,13). The summed E-state index contributed by atoms with van der Waals surface area (Å²) in [5.74, 6) is -0.884. The van der Waals surface area contributed by atoms with Crippen LogP contribution in [-0.4, -0.2) is 22.6 Å². The van der Waals surface area contributed by atoms with Crippen LogP contribution in [0.15, 0.2) is 18.5 Å². The molecule has 1 aromatic rings. The first kappa shape index (κ1) is 9.95. The Morgan fingerprint density at radius 1 is 1.69 bits per heavy atom. The van der Waals surface area contributed by atoms with Crippen LogP contribution in [0.1, 0.15) is 5.56 Å². The third-order valence-electron chi connectivity index (χ3n) is 1.45. The Morgan fingerprint density at radius 3 is 3.08 bits per heavy atom. The first-order valence-corrected chi connectivity index (χ1v) is 4.09. The largest absolute Gasteiger partial charge is 0.480 e. The molecule has 0 spiro atoms. The van der Waals surface area contributed by atoms with Gasteiger partial charge in [-0.3, -0.25) is 9.78 Å². The highest BCUT2D eigenvalue weighted by molar-refractivity contribution is 6.31. The molecular formula is C8H9ClN2O2. The molecule has 0 amide bonds. The van der Waals surface area contributed by atoms with Gasteiger partial charge in [0, 0.05) is 18.9 Å². The van der Waals surface area contributed by atoms with Crippen LogP contribution >= 0.6 is 11.6 Å². The molecule has 0 saturated carbocycles. The summed E-state index contributed by atoms with van der Waals surface area (Å²) in [6.45, 7) is 0.367. The monoisotopic (exact) mass is 200 g/mol. The van der Waals surface area contributed by atoms with Crippen LogP contribution < -0.4 is 5.32 Å². The number of aromatic nitrogens is 1. The Kier molecular flexibility index (Phi) is 3.67. The number of carboxylic acids is 1. The lowest BCUT2D eigenvalue weighted by Gasteiger charge is -2.02. The lowest BCUT2D eigenvalue weighted by Crippen LogP contribution is -2.21. The SMILES string of the molecule is O=C(O)CNCc1ccncc1Cl. The second-order valence-corrected chi connectivity index (χ2v) is 2.87. The molecule has 0 saturated heterocycles. The summed E-state index contributed by atoms with van der Waals surface area (Å²) in [7, 11) is 0. The van der Waals surface area contributed by atoms with Crippen molar-refractivity contribution >= 4 is 17.6 Å². The molecule has 0 radical (unpaired) electrons. The average molecular weight is 201 g/mol. The molecule has 1 heterocycles. The lowest BCUT2D eigenvalue weighted by atomic mass is 10.3. The first-order valence-electron chi connectivity index (χ1n) is 3.71. The summed E-state index contributed by atoms with van der Waals surface area (Å²) < 4.78 is 0. The smallest absolute Gasteiger partial charge is 0.317 e. The molecule has 0 unspecified atom stereocenters. The highest BCUT2D eigenvalue weighted by Gasteiger charge is 2.00. The summed E-state index contributed by atoms with van der Waals surface area (Å²) in [4.78, 5) is 14.0. The number of aliphatic carboxylic acids is 1. The van der Waals surface area contributed by atoms with Crippen LogP contribution in [0.5, 0.6) is 0 Å². The van der Waals surface area contributed by atoms with Crippen molar-refractivity contribution in [3.05, 3.63) is 29.0 Å². The maximum atomic E-state index is 10.2. The van der Waals surface area contributed by atoms with E-state index < -0.39 is 5.97 Å². The quantitative estimate of drug-likeness (QED) is 0.759. The van der Waals surface area contributed by atoms with Gasteiger partial charge in [0.2, 0.25) is 0 Å². The number of carbonyl (C=O) groups is 1. The van der Waals surface area contributed by atoms with Crippen molar-refractivity contribution in [2.45, 2.75) is 6.54 Å². The zero-order valence-corrected chi connectivity index (χ0v) is 7.58. The fourth-order valence-electron chi connectivity index (χ4n) is 0.851. The van der Waals surface area contributed by atoms with E-state index in [1.807, 2.05) is 0 Å². The van der Waals surface area contributed by atoms with E-state index in [-0.39, 0.29) is 6.54 Å². The minimum atomic E-state index is -0.884. The van der Waals surface area contributed by atoms with Gasteiger partial charge in [0.15, 0.2) is 0 Å². The van der Waals surface area contributed by atoms with Crippen LogP contribution in [0.2, 0.25) is 5.02 Å². The highest BCUT2D eigenvalue weighted by Crippen LogP contribution is 2.12. The van der Waals surface area contributed by atoms with Crippen molar-refractivity contribution in [1.29, 1.82) is 0 Å². The van der Waals surface area contributed by atoms with Gasteiger partial charge in [-0.05, 0) is 11.6 Å². The van der Waals surface area contributed by atoms with Gasteiger partial charge in [-0.1, -0.05) is 11.6 Å². The van der Waals surface area contributed by atoms with E-state index in [0.29, 0.717) is 11.6 Å². The van der Waals surface area contributed by atoms with E-state index in [1.165, 1.54) is 6.20 Å². The number of nitrogens with zero attached hydrogens (tertiary/aromatic N) is 1. The zero-order valence-electron chi connectivity index (χ0n) is 6.83. The zero-order chi connectivity index (χ0) is 9.68. The summed E-state index contributed by atoms with van der Waals surface area (Å²) in [5, 5.41) is 11.6. The highest BCUT2D eigenvalue weighted by atomic mass is 35.5. The normalized spacial score (nSPS) is 9.92. The van der Waals surface area contributed by atoms with Crippen LogP contribution in [0.4, 0.5) is 0 Å². The van der Waals surface area contributed by atoms with Crippen molar-refractivity contribution in [3.8, 4) is 0 Å². The van der Waals surface area contributed by atoms with Gasteiger partial charge in [-0.2, -0.15) is 0 Å². The third kappa shape index (κ3) is 3.40. The van der Waals surface area contributed by atoms with Crippen molar-refractivity contribution in [2.24, 2.45) is 0 Å². The lowest BCUT2D eigenvalue weighted by molar-refractivity contribution is -0.135. The second-order valence-electron chi connectivity index (χ2n) is 2.46. The number of rotatable bonds is 4. The minimum absolute atomic E-state index is 0.0708. The molecule has 1 rings (SSSR count). The van der Waals surface area contributed by atoms with Gasteiger partial charge >= 0.3 is 5.97 Å². The molecule has 0 fully saturated rings. The number of hydrogen-bond acceptors (Lipinski definition) is 3. The predicted molar refractivity (Wildman–Crippen MR) is 48.6 cm³/mol. The van der Waals surface area contributed by atoms with Gasteiger partial charge in [-0.15, -0.1) is 0 Å². The molecule has 0 atom stereocenters. The Balaban J connectivity index is 2.45. The molecule has 2 N–H and O–H groups in total. The van der Waals surface area contributed by atoms with Gasteiger partial charge in [0.05, 0.1) is 11.6 Å². The van der Waals surface area contributed by atoms with Crippen molar-refractivity contribution in [3.63, 3.8) is 0 Å². The predicted octanol–water partition coefficient (Wildman–Crippen LogP) is 0.909. The Bertz CT molecular complexity index is 304. The molecule has 13 heavy (non-hydrogen) atoms. The minimum Gasteiger partial charge on any atom is -0.480 e. The van der Waals surface area contributed by atoms with Crippen LogP contribution in [0.3, 0.4) is 0 Å². The summed E-state index contributed by atoms with van der Waals surface area (Å²) in [6.07, 6.45) is 3.14. The summed E-state index contributed by atoms with van der Waals surface area (Å²) >= 11 is 5.79. The molecule has 0 bridgehead atoms. The van der Waals surface area contributed by atoms with E-state index in [9.17, 15) is 4.79 Å². The maximum absolute atomic E-state index is 10.2. The molecule has 4 nitrogen and oxygen atoms in total. The molecule has 0 aromatic carbocycles. The molecule has 70 valence electrons. The first-order chi connectivity index (χ1) is 6.20. The van der Waals surface area contributed by atoms with E-state index in [1.54, 1.807) is 12.3 Å². The van der Waals surface area contributed by atoms with Crippen molar-refractivity contribution in [1.82, 2.24) is 10.3 Å². The fourth-order valence-corrected chi connectivity index (χ4v) is 1.04. The maximum Gasteiger partial charge on any atom is 0.317 e. The summed E-state index contributed by atoms with van der Waals surface area (Å²) in [6, 6.07) is 1.75. The summed E-state index contributed by atoms with van der Waals surface area (Å²) in [5.41, 5.74) is 0.845. The number of halogens is 1. The van der Waals surface area contributed by atoms with Crippen LogP contribution in [0.25, 0.3) is 0 Å². The number of hydrogen-bond donors (Lipinski definition) is 2. The molecule has 5 heteroatoms. The van der Waals surface area contributed by atoms with E-state index >= 15 is 0 Å². The topological polar surface area (TPSA) is 62.2 Å². The van der Waals surface area contributed by atoms with Gasteiger partial charge in [-0.25, -0.2) is 0 Å². The molecule has 0 aliphatic carbocycles. The Morgan fingerprint density at radius 2 is 2.46 bits per heavy atom. The van der Waals surface area contributed by atoms with E-state index in [2.05, 4.69) is 10.3 Å². The van der Waals surface area contributed by atoms with Crippen LogP contribution in [-0.2, 0) is 11.3 Å². The van der Waals surface area contributed by atoms with Crippen molar-refractivity contribution < 1.29 is 9.90 Å². The number of carboxylic acid groups (broad SMARTS) is 1. The molecular weight excluding hydrogens is 192 g/mol. The second kappa shape index (κ2) is 4.79. The Hall–Kier alpha value is -1.13. The van der Waals surface area contributed by atoms with E-state index in [4.69, 9.17) is 16.7 Å². The average Bonchev–Trinajstić information content (AvgIpc) is 2.08. The number of pyridine rings is 1. The molecule has 0 aliphatic rings. The van der Waals surface area contributed by atoms with Gasteiger partial charge in [0.1, 0.15) is 0 Å². The fraction of sp³-hybridized carbons (Fsp3) is 0.250.